The Kier molecular flexibility index (Phi) is 7.08. The molecule has 1 saturated carbocycles. The van der Waals surface area contributed by atoms with Crippen LogP contribution in [0.2, 0.25) is 0 Å². The van der Waals surface area contributed by atoms with E-state index in [0.717, 1.165) is 31.3 Å². The predicted molar refractivity (Wildman–Crippen MR) is 104 cm³/mol. The Morgan fingerprint density at radius 1 is 0.720 bits per heavy atom. The molecule has 2 nitrogen and oxygen atoms in total. The average Bonchev–Trinajstić information content (AvgIpc) is 2.65. The second kappa shape index (κ2) is 9.74. The van der Waals surface area contributed by atoms with Crippen LogP contribution in [0.1, 0.15) is 43.2 Å². The molecule has 0 unspecified atom stereocenters. The monoisotopic (exact) mass is 337 g/mol. The quantitative estimate of drug-likeness (QED) is 0.742. The minimum Gasteiger partial charge on any atom is -0.396 e. The molecule has 134 valence electrons. The molecule has 1 fully saturated rings. The van der Waals surface area contributed by atoms with Gasteiger partial charge in [0.05, 0.1) is 0 Å². The first-order chi connectivity index (χ1) is 12.3. The largest absolute Gasteiger partial charge is 0.396 e. The minimum atomic E-state index is 0.351. The fraction of sp³-hybridized carbons (Fsp3) is 0.478. The van der Waals surface area contributed by atoms with Crippen molar-refractivity contribution in [1.82, 2.24) is 4.90 Å². The standard InChI is InChI=1S/C23H31NO/c25-16-15-20-11-13-23(14-12-20)19-24(17-21-7-3-1-4-8-21)18-22-9-5-2-6-10-22/h1-10,20,23,25H,11-19H2. The Morgan fingerprint density at radius 3 is 1.68 bits per heavy atom. The molecule has 0 spiro atoms. The molecule has 0 radical (unpaired) electrons. The zero-order valence-corrected chi connectivity index (χ0v) is 15.2. The second-order valence-corrected chi connectivity index (χ2v) is 7.54. The molecular weight excluding hydrogens is 306 g/mol. The lowest BCUT2D eigenvalue weighted by atomic mass is 9.80. The number of aliphatic hydroxyl groups is 1. The van der Waals surface area contributed by atoms with Crippen LogP contribution in [0, 0.1) is 11.8 Å². The predicted octanol–water partition coefficient (Wildman–Crippen LogP) is 4.88. The molecule has 0 heterocycles. The van der Waals surface area contributed by atoms with Crippen LogP contribution >= 0.6 is 0 Å². The van der Waals surface area contributed by atoms with E-state index in [1.54, 1.807) is 0 Å². The first-order valence-corrected chi connectivity index (χ1v) is 9.74. The number of aliphatic hydroxyl groups excluding tert-OH is 1. The maximum absolute atomic E-state index is 9.15. The SMILES string of the molecule is OCCC1CCC(CN(Cc2ccccc2)Cc2ccccc2)CC1. The van der Waals surface area contributed by atoms with Crippen LogP contribution in [-0.2, 0) is 13.1 Å². The van der Waals surface area contributed by atoms with Crippen LogP contribution in [0.5, 0.6) is 0 Å². The van der Waals surface area contributed by atoms with Crippen molar-refractivity contribution >= 4 is 0 Å². The Balaban J connectivity index is 1.60. The molecule has 0 amide bonds. The van der Waals surface area contributed by atoms with Gasteiger partial charge in [0, 0.05) is 26.2 Å². The van der Waals surface area contributed by atoms with Crippen LogP contribution in [0.4, 0.5) is 0 Å². The smallest absolute Gasteiger partial charge is 0.0433 e. The van der Waals surface area contributed by atoms with Gasteiger partial charge in [-0.1, -0.05) is 73.5 Å². The van der Waals surface area contributed by atoms with E-state index in [4.69, 9.17) is 5.11 Å². The van der Waals surface area contributed by atoms with E-state index in [1.807, 2.05) is 0 Å². The summed E-state index contributed by atoms with van der Waals surface area (Å²) in [6.07, 6.45) is 6.19. The van der Waals surface area contributed by atoms with Gasteiger partial charge in [0.1, 0.15) is 0 Å². The fourth-order valence-electron chi connectivity index (χ4n) is 4.12. The zero-order valence-electron chi connectivity index (χ0n) is 15.2. The van der Waals surface area contributed by atoms with Gasteiger partial charge in [0.2, 0.25) is 0 Å². The highest BCUT2D eigenvalue weighted by atomic mass is 16.3. The molecule has 0 bridgehead atoms. The molecule has 0 saturated heterocycles. The first-order valence-electron chi connectivity index (χ1n) is 9.74. The highest BCUT2D eigenvalue weighted by Crippen LogP contribution is 2.31. The van der Waals surface area contributed by atoms with Gasteiger partial charge in [-0.3, -0.25) is 4.90 Å². The molecule has 2 aromatic rings. The Hall–Kier alpha value is -1.64. The third-order valence-corrected chi connectivity index (χ3v) is 5.52. The van der Waals surface area contributed by atoms with Gasteiger partial charge in [-0.2, -0.15) is 0 Å². The van der Waals surface area contributed by atoms with Crippen molar-refractivity contribution in [1.29, 1.82) is 0 Å². The van der Waals surface area contributed by atoms with Crippen molar-refractivity contribution < 1.29 is 5.11 Å². The van der Waals surface area contributed by atoms with Crippen LogP contribution < -0.4 is 0 Å². The van der Waals surface area contributed by atoms with Crippen LogP contribution in [0.25, 0.3) is 0 Å². The Labute approximate surface area is 152 Å². The fourth-order valence-corrected chi connectivity index (χ4v) is 4.12. The van der Waals surface area contributed by atoms with Gasteiger partial charge in [0.15, 0.2) is 0 Å². The number of hydrogen-bond donors (Lipinski definition) is 1. The molecule has 0 aliphatic heterocycles. The topological polar surface area (TPSA) is 23.5 Å². The lowest BCUT2D eigenvalue weighted by Crippen LogP contribution is -2.31. The molecule has 0 aromatic heterocycles. The summed E-state index contributed by atoms with van der Waals surface area (Å²) in [6, 6.07) is 21.7. The molecule has 1 aliphatic rings. The first kappa shape index (κ1) is 18.2. The van der Waals surface area contributed by atoms with Crippen molar-refractivity contribution in [3.05, 3.63) is 71.8 Å². The lowest BCUT2D eigenvalue weighted by molar-refractivity contribution is 0.154. The summed E-state index contributed by atoms with van der Waals surface area (Å²) >= 11 is 0. The molecule has 0 atom stereocenters. The maximum Gasteiger partial charge on any atom is 0.0433 e. The molecule has 2 aromatic carbocycles. The zero-order chi connectivity index (χ0) is 17.3. The van der Waals surface area contributed by atoms with Crippen LogP contribution in [-0.4, -0.2) is 23.2 Å². The number of nitrogens with zero attached hydrogens (tertiary/aromatic N) is 1. The summed E-state index contributed by atoms with van der Waals surface area (Å²) in [6.45, 7) is 3.57. The van der Waals surface area contributed by atoms with E-state index in [0.29, 0.717) is 6.61 Å². The third kappa shape index (κ3) is 5.98. The van der Waals surface area contributed by atoms with Gasteiger partial charge in [-0.05, 0) is 42.2 Å². The Bertz CT molecular complexity index is 549. The van der Waals surface area contributed by atoms with Crippen molar-refractivity contribution in [2.75, 3.05) is 13.2 Å². The molecule has 3 rings (SSSR count). The maximum atomic E-state index is 9.15. The van der Waals surface area contributed by atoms with Crippen molar-refractivity contribution in [3.63, 3.8) is 0 Å². The van der Waals surface area contributed by atoms with Crippen molar-refractivity contribution in [3.8, 4) is 0 Å². The van der Waals surface area contributed by atoms with E-state index < -0.39 is 0 Å². The lowest BCUT2D eigenvalue weighted by Gasteiger charge is -2.33. The molecular formula is C23H31NO. The van der Waals surface area contributed by atoms with Gasteiger partial charge >= 0.3 is 0 Å². The summed E-state index contributed by atoms with van der Waals surface area (Å²) in [5, 5.41) is 9.15. The number of hydrogen-bond acceptors (Lipinski definition) is 2. The normalized spacial score (nSPS) is 20.7. The van der Waals surface area contributed by atoms with Gasteiger partial charge in [0.25, 0.3) is 0 Å². The van der Waals surface area contributed by atoms with Crippen molar-refractivity contribution in [2.24, 2.45) is 11.8 Å². The summed E-state index contributed by atoms with van der Waals surface area (Å²) in [5.41, 5.74) is 2.79. The van der Waals surface area contributed by atoms with E-state index in [1.165, 1.54) is 43.4 Å². The molecule has 1 aliphatic carbocycles. The molecule has 1 N–H and O–H groups in total. The van der Waals surface area contributed by atoms with Crippen LogP contribution in [0.15, 0.2) is 60.7 Å². The third-order valence-electron chi connectivity index (χ3n) is 5.52. The van der Waals surface area contributed by atoms with Gasteiger partial charge in [-0.15, -0.1) is 0 Å². The summed E-state index contributed by atoms with van der Waals surface area (Å²) in [5.74, 6) is 1.54. The van der Waals surface area contributed by atoms with E-state index in [2.05, 4.69) is 65.6 Å². The van der Waals surface area contributed by atoms with Gasteiger partial charge < -0.3 is 5.11 Å². The second-order valence-electron chi connectivity index (χ2n) is 7.54. The number of rotatable bonds is 8. The highest BCUT2D eigenvalue weighted by Gasteiger charge is 2.22. The minimum absolute atomic E-state index is 0.351. The van der Waals surface area contributed by atoms with Crippen molar-refractivity contribution in [2.45, 2.75) is 45.2 Å². The molecule has 25 heavy (non-hydrogen) atoms. The van der Waals surface area contributed by atoms with E-state index >= 15 is 0 Å². The Morgan fingerprint density at radius 2 is 1.20 bits per heavy atom. The summed E-state index contributed by atoms with van der Waals surface area (Å²) in [7, 11) is 0. The number of benzene rings is 2. The molecule has 2 heteroatoms. The van der Waals surface area contributed by atoms with E-state index in [-0.39, 0.29) is 0 Å². The van der Waals surface area contributed by atoms with Gasteiger partial charge in [-0.25, -0.2) is 0 Å². The van der Waals surface area contributed by atoms with Crippen LogP contribution in [0.3, 0.4) is 0 Å². The summed E-state index contributed by atoms with van der Waals surface area (Å²) < 4.78 is 0. The average molecular weight is 338 g/mol. The van der Waals surface area contributed by atoms with E-state index in [9.17, 15) is 0 Å². The highest BCUT2D eigenvalue weighted by molar-refractivity contribution is 5.17. The summed E-state index contributed by atoms with van der Waals surface area (Å²) in [4.78, 5) is 2.61.